The van der Waals surface area contributed by atoms with Gasteiger partial charge in [-0.15, -0.1) is 0 Å². The topological polar surface area (TPSA) is 67.2 Å². The standard InChI is InChI=1S/C14H15NO3/c1-2-18-14(17)13(16)12(10-15)9-8-11-6-4-3-5-7-11/h3-7,12H,2,8-9H2,1H3. The third-order valence-corrected chi connectivity index (χ3v) is 2.51. The number of ketones is 1. The van der Waals surface area contributed by atoms with Crippen LogP contribution in [-0.2, 0) is 20.7 Å². The van der Waals surface area contributed by atoms with E-state index in [1.807, 2.05) is 36.4 Å². The molecule has 0 radical (unpaired) electrons. The molecule has 0 aliphatic rings. The monoisotopic (exact) mass is 245 g/mol. The zero-order chi connectivity index (χ0) is 13.4. The maximum absolute atomic E-state index is 11.6. The second-order valence-electron chi connectivity index (χ2n) is 3.79. The molecule has 0 bridgehead atoms. The zero-order valence-electron chi connectivity index (χ0n) is 10.3. The first-order chi connectivity index (χ1) is 8.69. The highest BCUT2D eigenvalue weighted by Crippen LogP contribution is 2.11. The summed E-state index contributed by atoms with van der Waals surface area (Å²) >= 11 is 0. The smallest absolute Gasteiger partial charge is 0.376 e. The van der Waals surface area contributed by atoms with E-state index in [-0.39, 0.29) is 6.61 Å². The number of benzene rings is 1. The van der Waals surface area contributed by atoms with E-state index < -0.39 is 17.7 Å². The summed E-state index contributed by atoms with van der Waals surface area (Å²) in [4.78, 5) is 22.8. The Morgan fingerprint density at radius 2 is 2.00 bits per heavy atom. The molecule has 1 atom stereocenters. The fourth-order valence-electron chi connectivity index (χ4n) is 1.55. The zero-order valence-corrected chi connectivity index (χ0v) is 10.3. The normalized spacial score (nSPS) is 11.3. The van der Waals surface area contributed by atoms with Crippen molar-refractivity contribution in [3.05, 3.63) is 35.9 Å². The van der Waals surface area contributed by atoms with Crippen LogP contribution in [0.15, 0.2) is 30.3 Å². The lowest BCUT2D eigenvalue weighted by Crippen LogP contribution is -2.25. The molecule has 0 amide bonds. The van der Waals surface area contributed by atoms with Crippen molar-refractivity contribution in [1.82, 2.24) is 0 Å². The van der Waals surface area contributed by atoms with E-state index >= 15 is 0 Å². The molecule has 0 aliphatic carbocycles. The number of carbonyl (C=O) groups is 2. The summed E-state index contributed by atoms with van der Waals surface area (Å²) in [5, 5.41) is 8.91. The Morgan fingerprint density at radius 3 is 2.56 bits per heavy atom. The number of hydrogen-bond donors (Lipinski definition) is 0. The van der Waals surface area contributed by atoms with Gasteiger partial charge >= 0.3 is 5.97 Å². The minimum atomic E-state index is -0.927. The molecular formula is C14H15NO3. The molecule has 0 fully saturated rings. The Hall–Kier alpha value is -2.15. The van der Waals surface area contributed by atoms with Crippen molar-refractivity contribution in [2.24, 2.45) is 5.92 Å². The van der Waals surface area contributed by atoms with Gasteiger partial charge in [-0.2, -0.15) is 5.26 Å². The van der Waals surface area contributed by atoms with Gasteiger partial charge in [0, 0.05) is 0 Å². The van der Waals surface area contributed by atoms with Crippen LogP contribution in [0.1, 0.15) is 18.9 Å². The maximum atomic E-state index is 11.6. The molecule has 0 saturated carbocycles. The minimum Gasteiger partial charge on any atom is -0.460 e. The average Bonchev–Trinajstić information content (AvgIpc) is 2.40. The highest BCUT2D eigenvalue weighted by molar-refractivity contribution is 6.35. The fraction of sp³-hybridized carbons (Fsp3) is 0.357. The number of aryl methyl sites for hydroxylation is 1. The van der Waals surface area contributed by atoms with Crippen LogP contribution in [-0.4, -0.2) is 18.4 Å². The van der Waals surface area contributed by atoms with E-state index in [1.165, 1.54) is 0 Å². The van der Waals surface area contributed by atoms with Crippen LogP contribution in [0.25, 0.3) is 0 Å². The Bertz CT molecular complexity index is 448. The molecule has 1 rings (SSSR count). The van der Waals surface area contributed by atoms with E-state index in [1.54, 1.807) is 6.92 Å². The summed E-state index contributed by atoms with van der Waals surface area (Å²) in [5.41, 5.74) is 1.04. The van der Waals surface area contributed by atoms with Gasteiger partial charge in [-0.3, -0.25) is 4.79 Å². The molecule has 4 nitrogen and oxygen atoms in total. The highest BCUT2D eigenvalue weighted by atomic mass is 16.5. The van der Waals surface area contributed by atoms with Gasteiger partial charge in [0.2, 0.25) is 0 Å². The first-order valence-electron chi connectivity index (χ1n) is 5.83. The number of rotatable bonds is 6. The number of ether oxygens (including phenoxy) is 1. The average molecular weight is 245 g/mol. The van der Waals surface area contributed by atoms with Crippen LogP contribution in [0.3, 0.4) is 0 Å². The maximum Gasteiger partial charge on any atom is 0.376 e. The molecule has 1 aromatic carbocycles. The van der Waals surface area contributed by atoms with Gasteiger partial charge in [-0.25, -0.2) is 4.79 Å². The summed E-state index contributed by atoms with van der Waals surface area (Å²) in [7, 11) is 0. The number of nitriles is 1. The molecule has 0 saturated heterocycles. The molecule has 0 aromatic heterocycles. The Kier molecular flexibility index (Phi) is 5.59. The molecule has 4 heteroatoms. The van der Waals surface area contributed by atoms with Crippen molar-refractivity contribution in [3.63, 3.8) is 0 Å². The van der Waals surface area contributed by atoms with Gasteiger partial charge in [0.05, 0.1) is 12.7 Å². The molecule has 94 valence electrons. The molecular weight excluding hydrogens is 230 g/mol. The van der Waals surface area contributed by atoms with Crippen LogP contribution in [0.4, 0.5) is 0 Å². The van der Waals surface area contributed by atoms with Crippen molar-refractivity contribution >= 4 is 11.8 Å². The Labute approximate surface area is 106 Å². The number of esters is 1. The molecule has 1 unspecified atom stereocenters. The largest absolute Gasteiger partial charge is 0.460 e. The lowest BCUT2D eigenvalue weighted by Gasteiger charge is -2.07. The first kappa shape index (κ1) is 13.9. The van der Waals surface area contributed by atoms with Crippen molar-refractivity contribution < 1.29 is 14.3 Å². The van der Waals surface area contributed by atoms with Gasteiger partial charge in [-0.05, 0) is 25.3 Å². The fourth-order valence-corrected chi connectivity index (χ4v) is 1.55. The van der Waals surface area contributed by atoms with E-state index in [0.717, 1.165) is 5.56 Å². The summed E-state index contributed by atoms with van der Waals surface area (Å²) < 4.78 is 4.60. The van der Waals surface area contributed by atoms with Crippen molar-refractivity contribution in [3.8, 4) is 6.07 Å². The number of hydrogen-bond acceptors (Lipinski definition) is 4. The summed E-state index contributed by atoms with van der Waals surface area (Å²) in [5.74, 6) is -2.60. The van der Waals surface area contributed by atoms with Gasteiger partial charge in [-0.1, -0.05) is 30.3 Å². The quantitative estimate of drug-likeness (QED) is 0.567. The van der Waals surface area contributed by atoms with E-state index in [4.69, 9.17) is 5.26 Å². The van der Waals surface area contributed by atoms with E-state index in [9.17, 15) is 9.59 Å². The third kappa shape index (κ3) is 4.02. The lowest BCUT2D eigenvalue weighted by atomic mass is 9.97. The molecule has 1 aromatic rings. The third-order valence-electron chi connectivity index (χ3n) is 2.51. The molecule has 0 heterocycles. The van der Waals surface area contributed by atoms with Crippen LogP contribution in [0.2, 0.25) is 0 Å². The number of Topliss-reactive ketones (excluding diaryl/α,β-unsaturated/α-hetero) is 1. The van der Waals surface area contributed by atoms with Gasteiger partial charge in [0.25, 0.3) is 5.78 Å². The minimum absolute atomic E-state index is 0.140. The van der Waals surface area contributed by atoms with Crippen LogP contribution in [0, 0.1) is 17.2 Å². The summed E-state index contributed by atoms with van der Waals surface area (Å²) in [6, 6.07) is 11.4. The van der Waals surface area contributed by atoms with Gasteiger partial charge in [0.1, 0.15) is 5.92 Å². The summed E-state index contributed by atoms with van der Waals surface area (Å²) in [6.07, 6.45) is 0.919. The van der Waals surface area contributed by atoms with Crippen LogP contribution >= 0.6 is 0 Å². The SMILES string of the molecule is CCOC(=O)C(=O)C(C#N)CCc1ccccc1. The highest BCUT2D eigenvalue weighted by Gasteiger charge is 2.25. The van der Waals surface area contributed by atoms with Crippen molar-refractivity contribution in [2.75, 3.05) is 6.61 Å². The van der Waals surface area contributed by atoms with E-state index in [2.05, 4.69) is 4.74 Å². The lowest BCUT2D eigenvalue weighted by molar-refractivity contribution is -0.154. The van der Waals surface area contributed by atoms with Crippen molar-refractivity contribution in [2.45, 2.75) is 19.8 Å². The molecule has 0 spiro atoms. The Morgan fingerprint density at radius 1 is 1.33 bits per heavy atom. The second kappa shape index (κ2) is 7.23. The molecule has 18 heavy (non-hydrogen) atoms. The van der Waals surface area contributed by atoms with Crippen LogP contribution < -0.4 is 0 Å². The molecule has 0 N–H and O–H groups in total. The number of nitrogens with zero attached hydrogens (tertiary/aromatic N) is 1. The molecule has 0 aliphatic heterocycles. The van der Waals surface area contributed by atoms with Gasteiger partial charge < -0.3 is 4.74 Å². The first-order valence-corrected chi connectivity index (χ1v) is 5.83. The van der Waals surface area contributed by atoms with E-state index in [0.29, 0.717) is 12.8 Å². The summed E-state index contributed by atoms with van der Waals surface area (Å²) in [6.45, 7) is 1.76. The van der Waals surface area contributed by atoms with Crippen LogP contribution in [0.5, 0.6) is 0 Å². The number of carbonyl (C=O) groups excluding carboxylic acids is 2. The van der Waals surface area contributed by atoms with Gasteiger partial charge in [0.15, 0.2) is 0 Å². The van der Waals surface area contributed by atoms with Crippen molar-refractivity contribution in [1.29, 1.82) is 5.26 Å². The second-order valence-corrected chi connectivity index (χ2v) is 3.79. The predicted molar refractivity (Wildman–Crippen MR) is 65.5 cm³/mol. The predicted octanol–water partition coefficient (Wildman–Crippen LogP) is 1.89. The Balaban J connectivity index is 2.55.